The summed E-state index contributed by atoms with van der Waals surface area (Å²) in [5.41, 5.74) is 1.24. The highest BCUT2D eigenvalue weighted by Gasteiger charge is 2.17. The molecule has 2 aromatic carbocycles. The van der Waals surface area contributed by atoms with Gasteiger partial charge in [0.2, 0.25) is 0 Å². The standard InChI is InChI=1S/C17H13N3O3S/c1-23-14-9-13-3-2-8-19-17(13)16(10-14)20-24(21,22)15-6-4-12(11-18)5-7-15/h2-10,20H,1H3. The van der Waals surface area contributed by atoms with Gasteiger partial charge in [-0.05, 0) is 36.4 Å². The van der Waals surface area contributed by atoms with Crippen LogP contribution in [0.1, 0.15) is 5.56 Å². The number of anilines is 1. The lowest BCUT2D eigenvalue weighted by Gasteiger charge is -2.12. The normalized spacial score (nSPS) is 11.0. The maximum atomic E-state index is 12.6. The third-order valence-corrected chi connectivity index (χ3v) is 4.83. The third kappa shape index (κ3) is 3.00. The van der Waals surface area contributed by atoms with Crippen molar-refractivity contribution in [3.05, 3.63) is 60.3 Å². The Morgan fingerprint density at radius 1 is 1.17 bits per heavy atom. The minimum Gasteiger partial charge on any atom is -0.497 e. The first-order chi connectivity index (χ1) is 11.5. The van der Waals surface area contributed by atoms with Gasteiger partial charge in [0.1, 0.15) is 5.75 Å². The Morgan fingerprint density at radius 3 is 2.58 bits per heavy atom. The Hall–Kier alpha value is -3.11. The average Bonchev–Trinajstić information content (AvgIpc) is 2.61. The molecule has 1 N–H and O–H groups in total. The van der Waals surface area contributed by atoms with Gasteiger partial charge in [0, 0.05) is 17.6 Å². The zero-order valence-electron chi connectivity index (χ0n) is 12.7. The Balaban J connectivity index is 2.06. The highest BCUT2D eigenvalue weighted by Crippen LogP contribution is 2.29. The number of sulfonamides is 1. The van der Waals surface area contributed by atoms with E-state index in [-0.39, 0.29) is 4.90 Å². The molecule has 24 heavy (non-hydrogen) atoms. The third-order valence-electron chi connectivity index (χ3n) is 3.45. The fourth-order valence-electron chi connectivity index (χ4n) is 2.27. The molecule has 0 spiro atoms. The summed E-state index contributed by atoms with van der Waals surface area (Å²) in [4.78, 5) is 4.30. The lowest BCUT2D eigenvalue weighted by atomic mass is 10.2. The van der Waals surface area contributed by atoms with Crippen LogP contribution >= 0.6 is 0 Å². The molecule has 0 saturated carbocycles. The molecule has 0 aliphatic rings. The van der Waals surface area contributed by atoms with Crippen molar-refractivity contribution in [1.82, 2.24) is 4.98 Å². The van der Waals surface area contributed by atoms with Crippen LogP contribution in [-0.4, -0.2) is 20.5 Å². The van der Waals surface area contributed by atoms with Gasteiger partial charge in [-0.2, -0.15) is 5.26 Å². The van der Waals surface area contributed by atoms with E-state index >= 15 is 0 Å². The number of hydrogen-bond donors (Lipinski definition) is 1. The SMILES string of the molecule is COc1cc(NS(=O)(=O)c2ccc(C#N)cc2)c2ncccc2c1. The van der Waals surface area contributed by atoms with Gasteiger partial charge in [0.25, 0.3) is 10.0 Å². The number of pyridine rings is 1. The first-order valence-electron chi connectivity index (χ1n) is 6.99. The van der Waals surface area contributed by atoms with Crippen LogP contribution in [0.4, 0.5) is 5.69 Å². The Kier molecular flexibility index (Phi) is 4.06. The number of aromatic nitrogens is 1. The van der Waals surface area contributed by atoms with Crippen molar-refractivity contribution in [3.63, 3.8) is 0 Å². The van der Waals surface area contributed by atoms with Gasteiger partial charge < -0.3 is 4.74 Å². The van der Waals surface area contributed by atoms with E-state index in [2.05, 4.69) is 9.71 Å². The minimum absolute atomic E-state index is 0.0633. The van der Waals surface area contributed by atoms with E-state index < -0.39 is 10.0 Å². The molecule has 0 unspecified atom stereocenters. The van der Waals surface area contributed by atoms with Crippen LogP contribution in [-0.2, 0) is 10.0 Å². The van der Waals surface area contributed by atoms with Gasteiger partial charge in [-0.1, -0.05) is 6.07 Å². The number of methoxy groups -OCH3 is 1. The van der Waals surface area contributed by atoms with Crippen molar-refractivity contribution in [2.75, 3.05) is 11.8 Å². The van der Waals surface area contributed by atoms with Gasteiger partial charge in [-0.25, -0.2) is 8.42 Å². The van der Waals surface area contributed by atoms with E-state index in [4.69, 9.17) is 10.00 Å². The second-order valence-corrected chi connectivity index (χ2v) is 6.67. The molecule has 0 radical (unpaired) electrons. The number of nitrogens with one attached hydrogen (secondary N) is 1. The first-order valence-corrected chi connectivity index (χ1v) is 8.47. The topological polar surface area (TPSA) is 92.1 Å². The number of nitrogens with zero attached hydrogens (tertiary/aromatic N) is 2. The molecule has 0 saturated heterocycles. The van der Waals surface area contributed by atoms with Crippen molar-refractivity contribution in [3.8, 4) is 11.8 Å². The van der Waals surface area contributed by atoms with Crippen molar-refractivity contribution in [2.24, 2.45) is 0 Å². The smallest absolute Gasteiger partial charge is 0.261 e. The molecule has 1 heterocycles. The Bertz CT molecular complexity index is 1040. The molecule has 0 atom stereocenters. The number of hydrogen-bond acceptors (Lipinski definition) is 5. The van der Waals surface area contributed by atoms with Gasteiger partial charge >= 0.3 is 0 Å². The summed E-state index contributed by atoms with van der Waals surface area (Å²) >= 11 is 0. The molecule has 3 aromatic rings. The molecule has 3 rings (SSSR count). The summed E-state index contributed by atoms with van der Waals surface area (Å²) in [5.74, 6) is 0.521. The summed E-state index contributed by atoms with van der Waals surface area (Å²) in [5, 5.41) is 9.56. The number of benzene rings is 2. The number of rotatable bonds is 4. The molecule has 120 valence electrons. The highest BCUT2D eigenvalue weighted by atomic mass is 32.2. The summed E-state index contributed by atoms with van der Waals surface area (Å²) in [6.45, 7) is 0. The number of ether oxygens (including phenoxy) is 1. The summed E-state index contributed by atoms with van der Waals surface area (Å²) in [6.07, 6.45) is 1.59. The van der Waals surface area contributed by atoms with Crippen LogP contribution in [0.25, 0.3) is 10.9 Å². The Morgan fingerprint density at radius 2 is 1.92 bits per heavy atom. The molecule has 0 amide bonds. The van der Waals surface area contributed by atoms with Gasteiger partial charge in [0.05, 0.1) is 34.8 Å². The van der Waals surface area contributed by atoms with Gasteiger partial charge in [-0.3, -0.25) is 9.71 Å². The van der Waals surface area contributed by atoms with Crippen molar-refractivity contribution in [1.29, 1.82) is 5.26 Å². The molecule has 6 nitrogen and oxygen atoms in total. The summed E-state index contributed by atoms with van der Waals surface area (Å²) in [6, 6.07) is 14.6. The van der Waals surface area contributed by atoms with E-state index in [1.807, 2.05) is 12.1 Å². The molecule has 7 heteroatoms. The zero-order chi connectivity index (χ0) is 17.2. The maximum absolute atomic E-state index is 12.6. The van der Waals surface area contributed by atoms with E-state index in [9.17, 15) is 8.42 Å². The van der Waals surface area contributed by atoms with Crippen molar-refractivity contribution < 1.29 is 13.2 Å². The quantitative estimate of drug-likeness (QED) is 0.789. The summed E-state index contributed by atoms with van der Waals surface area (Å²) in [7, 11) is -2.30. The van der Waals surface area contributed by atoms with Crippen LogP contribution in [0.2, 0.25) is 0 Å². The number of nitriles is 1. The molecular formula is C17H13N3O3S. The molecule has 0 aliphatic heterocycles. The van der Waals surface area contributed by atoms with E-state index in [1.54, 1.807) is 24.4 Å². The average molecular weight is 339 g/mol. The first kappa shape index (κ1) is 15.8. The van der Waals surface area contributed by atoms with Gasteiger partial charge in [0.15, 0.2) is 0 Å². The second-order valence-electron chi connectivity index (χ2n) is 4.99. The second kappa shape index (κ2) is 6.18. The lowest BCUT2D eigenvalue weighted by Crippen LogP contribution is -2.13. The van der Waals surface area contributed by atoms with Crippen molar-refractivity contribution >= 4 is 26.6 Å². The van der Waals surface area contributed by atoms with Crippen LogP contribution < -0.4 is 9.46 Å². The van der Waals surface area contributed by atoms with Crippen LogP contribution in [0.3, 0.4) is 0 Å². The molecule has 0 bridgehead atoms. The molecule has 0 fully saturated rings. The largest absolute Gasteiger partial charge is 0.497 e. The molecule has 1 aromatic heterocycles. The van der Waals surface area contributed by atoms with E-state index in [0.717, 1.165) is 5.39 Å². The number of fused-ring (bicyclic) bond motifs is 1. The summed E-state index contributed by atoms with van der Waals surface area (Å²) < 4.78 is 32.9. The monoisotopic (exact) mass is 339 g/mol. The highest BCUT2D eigenvalue weighted by molar-refractivity contribution is 7.92. The predicted molar refractivity (Wildman–Crippen MR) is 90.3 cm³/mol. The van der Waals surface area contributed by atoms with Crippen LogP contribution in [0.15, 0.2) is 59.6 Å². The van der Waals surface area contributed by atoms with Crippen molar-refractivity contribution in [2.45, 2.75) is 4.90 Å². The Labute approximate surface area is 139 Å². The fourth-order valence-corrected chi connectivity index (χ4v) is 3.33. The zero-order valence-corrected chi connectivity index (χ0v) is 13.5. The predicted octanol–water partition coefficient (Wildman–Crippen LogP) is 2.92. The van der Waals surface area contributed by atoms with Crippen LogP contribution in [0.5, 0.6) is 5.75 Å². The van der Waals surface area contributed by atoms with E-state index in [1.165, 1.54) is 31.4 Å². The lowest BCUT2D eigenvalue weighted by molar-refractivity contribution is 0.415. The van der Waals surface area contributed by atoms with Crippen LogP contribution in [0, 0.1) is 11.3 Å². The van der Waals surface area contributed by atoms with E-state index in [0.29, 0.717) is 22.5 Å². The maximum Gasteiger partial charge on any atom is 0.261 e. The molecular weight excluding hydrogens is 326 g/mol. The fraction of sp³-hybridized carbons (Fsp3) is 0.0588. The molecule has 0 aliphatic carbocycles. The minimum atomic E-state index is -3.81. The van der Waals surface area contributed by atoms with Gasteiger partial charge in [-0.15, -0.1) is 0 Å².